The summed E-state index contributed by atoms with van der Waals surface area (Å²) in [5.41, 5.74) is 2.10. The van der Waals surface area contributed by atoms with Crippen LogP contribution in [0, 0.1) is 0 Å². The third-order valence-corrected chi connectivity index (χ3v) is 2.81. The van der Waals surface area contributed by atoms with E-state index in [4.69, 9.17) is 0 Å². The monoisotopic (exact) mass is 240 g/mol. The Balaban J connectivity index is 0.00000128. The number of hydrogen-bond donors (Lipinski definition) is 0. The molecule has 2 rings (SSSR count). The molecule has 4 heteroatoms. The maximum atomic E-state index is 10.6. The molecule has 0 aliphatic rings. The molecule has 0 aromatic heterocycles. The Bertz CT molecular complexity index is 468. The van der Waals surface area contributed by atoms with Crippen LogP contribution in [0.1, 0.15) is 0 Å². The zero-order valence-corrected chi connectivity index (χ0v) is 11.7. The summed E-state index contributed by atoms with van der Waals surface area (Å²) in [5, 5.41) is 0. The molecule has 1 unspecified atom stereocenters. The first-order valence-electron chi connectivity index (χ1n) is 4.52. The van der Waals surface area contributed by atoms with Gasteiger partial charge in [-0.25, -0.2) is 0 Å². The van der Waals surface area contributed by atoms with Crippen molar-refractivity contribution in [1.29, 1.82) is 0 Å². The van der Waals surface area contributed by atoms with Crippen molar-refractivity contribution in [2.75, 3.05) is 0 Å². The first kappa shape index (κ1) is 13.6. The van der Waals surface area contributed by atoms with Crippen LogP contribution in [-0.4, -0.2) is 8.76 Å². The van der Waals surface area contributed by atoms with Crippen molar-refractivity contribution in [2.45, 2.75) is 4.90 Å². The molecule has 0 fully saturated rings. The van der Waals surface area contributed by atoms with Crippen LogP contribution in [0.15, 0.2) is 59.5 Å². The Kier molecular flexibility index (Phi) is 5.38. The van der Waals surface area contributed by atoms with E-state index in [1.807, 2.05) is 30.3 Å². The fourth-order valence-electron chi connectivity index (χ4n) is 1.39. The van der Waals surface area contributed by atoms with Crippen LogP contribution in [0.2, 0.25) is 0 Å². The Labute approximate surface area is 119 Å². The summed E-state index contributed by atoms with van der Waals surface area (Å²) < 4.78 is 21.3. The van der Waals surface area contributed by atoms with Gasteiger partial charge >= 0.3 is 29.6 Å². The van der Waals surface area contributed by atoms with Crippen molar-refractivity contribution < 1.29 is 38.3 Å². The molecule has 0 saturated heterocycles. The first-order valence-corrected chi connectivity index (χ1v) is 5.59. The number of rotatable bonds is 2. The third-order valence-electron chi connectivity index (χ3n) is 2.15. The van der Waals surface area contributed by atoms with Gasteiger partial charge < -0.3 is 4.55 Å². The van der Waals surface area contributed by atoms with Crippen LogP contribution < -0.4 is 29.6 Å². The van der Waals surface area contributed by atoms with Gasteiger partial charge in [0.25, 0.3) is 0 Å². The zero-order chi connectivity index (χ0) is 10.7. The molecule has 2 aromatic rings. The molecule has 0 bridgehead atoms. The minimum absolute atomic E-state index is 0. The minimum atomic E-state index is -2.14. The molecule has 0 spiro atoms. The van der Waals surface area contributed by atoms with Crippen molar-refractivity contribution in [2.24, 2.45) is 0 Å². The normalized spacial score (nSPS) is 11.6. The van der Waals surface area contributed by atoms with E-state index in [0.717, 1.165) is 11.1 Å². The van der Waals surface area contributed by atoms with Gasteiger partial charge in [-0.15, -0.1) is 0 Å². The van der Waals surface area contributed by atoms with Gasteiger partial charge in [0.05, 0.1) is 0 Å². The quantitative estimate of drug-likeness (QED) is 0.529. The van der Waals surface area contributed by atoms with Gasteiger partial charge in [-0.1, -0.05) is 42.5 Å². The van der Waals surface area contributed by atoms with Crippen LogP contribution in [0.4, 0.5) is 0 Å². The van der Waals surface area contributed by atoms with Gasteiger partial charge in [-0.2, -0.15) is 0 Å². The molecule has 0 radical (unpaired) electrons. The Hall–Kier alpha value is -0.450. The summed E-state index contributed by atoms with van der Waals surface area (Å²) >= 11 is -2.14. The molecule has 76 valence electrons. The van der Waals surface area contributed by atoms with E-state index in [2.05, 4.69) is 0 Å². The maximum Gasteiger partial charge on any atom is 1.00 e. The Morgan fingerprint density at radius 3 is 1.81 bits per heavy atom. The summed E-state index contributed by atoms with van der Waals surface area (Å²) in [7, 11) is 0. The Morgan fingerprint density at radius 2 is 1.31 bits per heavy atom. The summed E-state index contributed by atoms with van der Waals surface area (Å²) in [6.45, 7) is 0. The number of hydrogen-bond acceptors (Lipinski definition) is 2. The van der Waals surface area contributed by atoms with Crippen LogP contribution in [0.3, 0.4) is 0 Å². The third kappa shape index (κ3) is 3.27. The number of benzene rings is 2. The van der Waals surface area contributed by atoms with Gasteiger partial charge in [-0.05, 0) is 34.3 Å². The molecule has 2 aromatic carbocycles. The van der Waals surface area contributed by atoms with Crippen molar-refractivity contribution in [3.63, 3.8) is 0 Å². The van der Waals surface area contributed by atoms with Crippen LogP contribution >= 0.6 is 0 Å². The average molecular weight is 240 g/mol. The average Bonchev–Trinajstić information content (AvgIpc) is 2.30. The van der Waals surface area contributed by atoms with Crippen LogP contribution in [0.25, 0.3) is 11.1 Å². The predicted octanol–water partition coefficient (Wildman–Crippen LogP) is -0.404. The molecule has 16 heavy (non-hydrogen) atoms. The molecule has 1 atom stereocenters. The summed E-state index contributed by atoms with van der Waals surface area (Å²) in [6, 6.07) is 16.7. The first-order chi connectivity index (χ1) is 7.27. The molecule has 0 N–H and O–H groups in total. The van der Waals surface area contributed by atoms with Gasteiger partial charge in [0.1, 0.15) is 0 Å². The van der Waals surface area contributed by atoms with E-state index in [9.17, 15) is 8.76 Å². The van der Waals surface area contributed by atoms with E-state index in [1.54, 1.807) is 24.3 Å². The predicted molar refractivity (Wildman–Crippen MR) is 59.1 cm³/mol. The molecule has 0 saturated carbocycles. The van der Waals surface area contributed by atoms with E-state index >= 15 is 0 Å². The standard InChI is InChI=1S/C12H10O2S.Na/c13-15(14)12-8-6-11(7-9-12)10-4-2-1-3-5-10;/h1-9H,(H,13,14);/q;+1/p-1. The molecule has 0 aliphatic heterocycles. The second kappa shape index (κ2) is 6.33. The van der Waals surface area contributed by atoms with Crippen LogP contribution in [-0.2, 0) is 11.1 Å². The second-order valence-corrected chi connectivity index (χ2v) is 4.07. The van der Waals surface area contributed by atoms with Gasteiger partial charge in [0.2, 0.25) is 0 Å². The topological polar surface area (TPSA) is 40.1 Å². The van der Waals surface area contributed by atoms with Crippen LogP contribution in [0.5, 0.6) is 0 Å². The van der Waals surface area contributed by atoms with E-state index in [-0.39, 0.29) is 29.6 Å². The smallest absolute Gasteiger partial charge is 0.768 e. The molecular weight excluding hydrogens is 231 g/mol. The molecular formula is C12H9NaO2S. The molecule has 2 nitrogen and oxygen atoms in total. The van der Waals surface area contributed by atoms with E-state index in [1.165, 1.54) is 0 Å². The summed E-state index contributed by atoms with van der Waals surface area (Å²) in [4.78, 5) is 0.315. The molecule has 0 aliphatic carbocycles. The van der Waals surface area contributed by atoms with Crippen molar-refractivity contribution in [3.8, 4) is 11.1 Å². The summed E-state index contributed by atoms with van der Waals surface area (Å²) in [6.07, 6.45) is 0. The van der Waals surface area contributed by atoms with Gasteiger partial charge in [0.15, 0.2) is 0 Å². The molecule has 0 amide bonds. The van der Waals surface area contributed by atoms with E-state index < -0.39 is 11.1 Å². The van der Waals surface area contributed by atoms with Crippen molar-refractivity contribution in [3.05, 3.63) is 54.6 Å². The molecule has 0 heterocycles. The maximum absolute atomic E-state index is 10.6. The summed E-state index contributed by atoms with van der Waals surface area (Å²) in [5.74, 6) is 0. The van der Waals surface area contributed by atoms with Crippen molar-refractivity contribution in [1.82, 2.24) is 0 Å². The fourth-order valence-corrected chi connectivity index (χ4v) is 1.75. The largest absolute Gasteiger partial charge is 1.00 e. The van der Waals surface area contributed by atoms with Gasteiger partial charge in [0, 0.05) is 4.90 Å². The SMILES string of the molecule is O=S([O-])c1ccc(-c2ccccc2)cc1.[Na+]. The van der Waals surface area contributed by atoms with E-state index in [0.29, 0.717) is 4.90 Å². The Morgan fingerprint density at radius 1 is 0.812 bits per heavy atom. The zero-order valence-electron chi connectivity index (χ0n) is 8.92. The fraction of sp³-hybridized carbons (Fsp3) is 0. The minimum Gasteiger partial charge on any atom is -0.768 e. The second-order valence-electron chi connectivity index (χ2n) is 3.13. The van der Waals surface area contributed by atoms with Crippen molar-refractivity contribution >= 4 is 11.1 Å². The van der Waals surface area contributed by atoms with Gasteiger partial charge in [-0.3, -0.25) is 4.21 Å².